The Balaban J connectivity index is 1.54. The molecule has 1 fully saturated rings. The third-order valence-electron chi connectivity index (χ3n) is 5.17. The summed E-state index contributed by atoms with van der Waals surface area (Å²) in [5, 5.41) is 11.0. The number of anilines is 1. The number of carbonyl (C=O) groups is 1. The normalized spacial score (nSPS) is 14.5. The van der Waals surface area contributed by atoms with E-state index in [1.807, 2.05) is 44.2 Å². The maximum atomic E-state index is 13.1. The van der Waals surface area contributed by atoms with Gasteiger partial charge in [0.15, 0.2) is 15.8 Å². The summed E-state index contributed by atoms with van der Waals surface area (Å²) >= 11 is 6.71. The molecule has 0 N–H and O–H groups in total. The van der Waals surface area contributed by atoms with Crippen LogP contribution in [-0.2, 0) is 11.4 Å². The lowest BCUT2D eigenvalue weighted by Gasteiger charge is -2.14. The van der Waals surface area contributed by atoms with Gasteiger partial charge in [-0.1, -0.05) is 59.9 Å². The van der Waals surface area contributed by atoms with Crippen LogP contribution >= 0.6 is 24.0 Å². The van der Waals surface area contributed by atoms with Crippen molar-refractivity contribution in [2.24, 2.45) is 0 Å². The molecule has 0 unspecified atom stereocenters. The minimum absolute atomic E-state index is 0.00873. The first-order chi connectivity index (χ1) is 16.9. The van der Waals surface area contributed by atoms with Crippen molar-refractivity contribution in [1.29, 1.82) is 0 Å². The lowest BCUT2D eigenvalue weighted by molar-refractivity contribution is -0.384. The summed E-state index contributed by atoms with van der Waals surface area (Å²) < 4.78 is 12.1. The number of non-ortho nitro benzene ring substituents is 1. The third kappa shape index (κ3) is 5.70. The molecule has 0 atom stereocenters. The average molecular weight is 507 g/mol. The number of nitrogens with zero attached hydrogens (tertiary/aromatic N) is 2. The summed E-state index contributed by atoms with van der Waals surface area (Å²) in [6, 6.07) is 19.3. The Hall–Kier alpha value is -3.69. The molecule has 1 aliphatic rings. The van der Waals surface area contributed by atoms with Gasteiger partial charge in [-0.2, -0.15) is 0 Å². The van der Waals surface area contributed by atoms with Crippen molar-refractivity contribution in [3.63, 3.8) is 0 Å². The van der Waals surface area contributed by atoms with Gasteiger partial charge in [-0.15, -0.1) is 0 Å². The highest BCUT2D eigenvalue weighted by atomic mass is 32.2. The average Bonchev–Trinajstić information content (AvgIpc) is 3.12. The molecule has 35 heavy (non-hydrogen) atoms. The second-order valence-corrected chi connectivity index (χ2v) is 9.38. The smallest absolute Gasteiger partial charge is 0.270 e. The maximum Gasteiger partial charge on any atom is 0.270 e. The molecular formula is C26H22N2O5S2. The summed E-state index contributed by atoms with van der Waals surface area (Å²) in [6.45, 7) is 4.42. The molecule has 0 bridgehead atoms. The summed E-state index contributed by atoms with van der Waals surface area (Å²) in [5.41, 5.74) is 3.29. The Labute approximate surface area is 212 Å². The Morgan fingerprint density at radius 3 is 2.54 bits per heavy atom. The number of hydrogen-bond acceptors (Lipinski definition) is 7. The fourth-order valence-electron chi connectivity index (χ4n) is 3.46. The first-order valence-corrected chi connectivity index (χ1v) is 12.1. The van der Waals surface area contributed by atoms with Crippen LogP contribution in [0.25, 0.3) is 6.08 Å². The van der Waals surface area contributed by atoms with Gasteiger partial charge in [-0.25, -0.2) is 0 Å². The molecular weight excluding hydrogens is 484 g/mol. The van der Waals surface area contributed by atoms with Gasteiger partial charge < -0.3 is 9.47 Å². The molecule has 1 amide bonds. The molecule has 1 saturated heterocycles. The molecule has 4 rings (SSSR count). The monoisotopic (exact) mass is 506 g/mol. The Bertz CT molecular complexity index is 1320. The number of nitro benzene ring substituents is 1. The summed E-state index contributed by atoms with van der Waals surface area (Å²) in [6.07, 6.45) is 1.78. The van der Waals surface area contributed by atoms with E-state index in [9.17, 15) is 14.9 Å². The van der Waals surface area contributed by atoms with Crippen LogP contribution in [0.4, 0.5) is 11.4 Å². The molecule has 7 nitrogen and oxygen atoms in total. The lowest BCUT2D eigenvalue weighted by Crippen LogP contribution is -2.27. The SMILES string of the molecule is CCOc1cc(/C=C2\SC(=S)N(c3ccc(C)cc3)C2=O)ccc1OCc1cccc([N+](=O)[O-])c1. The molecule has 0 radical (unpaired) electrons. The largest absolute Gasteiger partial charge is 0.490 e. The predicted octanol–water partition coefficient (Wildman–Crippen LogP) is 6.29. The highest BCUT2D eigenvalue weighted by molar-refractivity contribution is 8.27. The third-order valence-corrected chi connectivity index (χ3v) is 6.47. The highest BCUT2D eigenvalue weighted by Gasteiger charge is 2.33. The van der Waals surface area contributed by atoms with Gasteiger partial charge in [0.05, 0.1) is 22.1 Å². The zero-order valence-electron chi connectivity index (χ0n) is 19.1. The van der Waals surface area contributed by atoms with Gasteiger partial charge in [-0.05, 0) is 55.3 Å². The minimum Gasteiger partial charge on any atom is -0.490 e. The topological polar surface area (TPSA) is 81.9 Å². The van der Waals surface area contributed by atoms with E-state index in [-0.39, 0.29) is 18.2 Å². The number of nitro groups is 1. The zero-order chi connectivity index (χ0) is 24.9. The van der Waals surface area contributed by atoms with Crippen molar-refractivity contribution in [1.82, 2.24) is 0 Å². The first-order valence-electron chi connectivity index (χ1n) is 10.8. The fraction of sp³-hybridized carbons (Fsp3) is 0.154. The van der Waals surface area contributed by atoms with E-state index < -0.39 is 4.92 Å². The molecule has 0 aromatic heterocycles. The van der Waals surface area contributed by atoms with E-state index in [1.165, 1.54) is 28.8 Å². The second-order valence-electron chi connectivity index (χ2n) is 7.71. The van der Waals surface area contributed by atoms with Crippen molar-refractivity contribution in [2.45, 2.75) is 20.5 Å². The summed E-state index contributed by atoms with van der Waals surface area (Å²) in [5.74, 6) is 0.844. The first kappa shape index (κ1) is 24.4. The quantitative estimate of drug-likeness (QED) is 0.154. The Kier molecular flexibility index (Phi) is 7.48. The van der Waals surface area contributed by atoms with Crippen molar-refractivity contribution >= 4 is 51.7 Å². The van der Waals surface area contributed by atoms with Crippen LogP contribution in [0, 0.1) is 17.0 Å². The van der Waals surface area contributed by atoms with Crippen LogP contribution in [-0.4, -0.2) is 21.8 Å². The van der Waals surface area contributed by atoms with Crippen molar-refractivity contribution in [3.8, 4) is 11.5 Å². The second kappa shape index (κ2) is 10.7. The number of carbonyl (C=O) groups excluding carboxylic acids is 1. The number of thiocarbonyl (C=S) groups is 1. The fourth-order valence-corrected chi connectivity index (χ4v) is 4.76. The Morgan fingerprint density at radius 1 is 1.06 bits per heavy atom. The number of benzene rings is 3. The van der Waals surface area contributed by atoms with E-state index in [0.717, 1.165) is 16.8 Å². The van der Waals surface area contributed by atoms with Gasteiger partial charge >= 0.3 is 0 Å². The predicted molar refractivity (Wildman–Crippen MR) is 142 cm³/mol. The van der Waals surface area contributed by atoms with Crippen molar-refractivity contribution in [3.05, 3.63) is 98.4 Å². The van der Waals surface area contributed by atoms with Crippen LogP contribution in [0.3, 0.4) is 0 Å². The number of rotatable bonds is 8. The molecule has 0 aliphatic carbocycles. The maximum absolute atomic E-state index is 13.1. The minimum atomic E-state index is -0.439. The highest BCUT2D eigenvalue weighted by Crippen LogP contribution is 2.37. The molecule has 3 aromatic rings. The number of aryl methyl sites for hydroxylation is 1. The zero-order valence-corrected chi connectivity index (χ0v) is 20.7. The van der Waals surface area contributed by atoms with Crippen LogP contribution in [0.5, 0.6) is 11.5 Å². The molecule has 3 aromatic carbocycles. The van der Waals surface area contributed by atoms with Gasteiger partial charge in [0.2, 0.25) is 0 Å². The van der Waals surface area contributed by atoms with E-state index in [4.69, 9.17) is 21.7 Å². The van der Waals surface area contributed by atoms with Gasteiger partial charge in [0.25, 0.3) is 11.6 Å². The number of ether oxygens (including phenoxy) is 2. The molecule has 1 aliphatic heterocycles. The molecule has 178 valence electrons. The van der Waals surface area contributed by atoms with Crippen molar-refractivity contribution in [2.75, 3.05) is 11.5 Å². The van der Waals surface area contributed by atoms with Crippen LogP contribution in [0.1, 0.15) is 23.6 Å². The van der Waals surface area contributed by atoms with Gasteiger partial charge in [0, 0.05) is 12.1 Å². The van der Waals surface area contributed by atoms with Crippen molar-refractivity contribution < 1.29 is 19.2 Å². The number of hydrogen-bond donors (Lipinski definition) is 0. The van der Waals surface area contributed by atoms with E-state index in [1.54, 1.807) is 30.3 Å². The number of amides is 1. The molecule has 0 saturated carbocycles. The molecule has 9 heteroatoms. The molecule has 0 spiro atoms. The van der Waals surface area contributed by atoms with Crippen LogP contribution in [0.2, 0.25) is 0 Å². The van der Waals surface area contributed by atoms with Gasteiger partial charge in [-0.3, -0.25) is 19.8 Å². The lowest BCUT2D eigenvalue weighted by atomic mass is 10.1. The summed E-state index contributed by atoms with van der Waals surface area (Å²) in [4.78, 5) is 25.7. The van der Waals surface area contributed by atoms with Gasteiger partial charge in [0.1, 0.15) is 6.61 Å². The summed E-state index contributed by atoms with van der Waals surface area (Å²) in [7, 11) is 0. The van der Waals surface area contributed by atoms with E-state index in [2.05, 4.69) is 0 Å². The van der Waals surface area contributed by atoms with E-state index >= 15 is 0 Å². The van der Waals surface area contributed by atoms with Crippen LogP contribution in [0.15, 0.2) is 71.6 Å². The molecule has 1 heterocycles. The standard InChI is InChI=1S/C26H22N2O5S2/c1-3-32-23-14-18(9-12-22(23)33-16-19-5-4-6-21(13-19)28(30)31)15-24-25(29)27(26(34)35-24)20-10-7-17(2)8-11-20/h4-15H,3,16H2,1-2H3/b24-15-. The number of thioether (sulfide) groups is 1. The van der Waals surface area contributed by atoms with Crippen LogP contribution < -0.4 is 14.4 Å². The van der Waals surface area contributed by atoms with E-state index in [0.29, 0.717) is 32.9 Å². The Morgan fingerprint density at radius 2 is 1.83 bits per heavy atom.